The highest BCUT2D eigenvalue weighted by Crippen LogP contribution is 2.32. The maximum atomic E-state index is 13.5. The first-order valence-electron chi connectivity index (χ1n) is 11.8. The highest BCUT2D eigenvalue weighted by molar-refractivity contribution is 7.89. The molecule has 0 aromatic heterocycles. The number of sulfonamides is 1. The van der Waals surface area contributed by atoms with Crippen molar-refractivity contribution in [2.45, 2.75) is 42.7 Å². The number of ether oxygens (including phenoxy) is 2. The topological polar surface area (TPSA) is 93.7 Å². The summed E-state index contributed by atoms with van der Waals surface area (Å²) in [7, 11) is -4.01. The van der Waals surface area contributed by atoms with Crippen molar-refractivity contribution in [1.82, 2.24) is 10.0 Å². The van der Waals surface area contributed by atoms with Gasteiger partial charge in [-0.2, -0.15) is 4.72 Å². The smallest absolute Gasteiger partial charge is 0.241 e. The van der Waals surface area contributed by atoms with Gasteiger partial charge in [0.25, 0.3) is 0 Å². The molecule has 0 unspecified atom stereocenters. The molecule has 2 aliphatic rings. The molecule has 0 radical (unpaired) electrons. The largest absolute Gasteiger partial charge is 0.486 e. The standard InChI is InChI=1S/C27H28N2O5S/c30-27(28-23-12-6-10-20-9-4-5-11-22(20)23)24(17-19-7-2-1-3-8-19)29-35(31,32)21-13-14-25-26(18-21)34-16-15-33-25/h1-5,7-9,11,13-14,18,23-24,29H,6,10,12,15-17H2,(H,28,30)/t23-,24-/m0/s1. The van der Waals surface area contributed by atoms with Gasteiger partial charge in [0.05, 0.1) is 10.9 Å². The van der Waals surface area contributed by atoms with Gasteiger partial charge in [-0.1, -0.05) is 54.6 Å². The zero-order valence-corrected chi connectivity index (χ0v) is 20.1. The monoisotopic (exact) mass is 492 g/mol. The third kappa shape index (κ3) is 5.33. The number of aryl methyl sites for hydroxylation is 1. The number of amides is 1. The molecule has 35 heavy (non-hydrogen) atoms. The summed E-state index contributed by atoms with van der Waals surface area (Å²) < 4.78 is 40.3. The molecule has 5 rings (SSSR count). The number of nitrogens with one attached hydrogen (secondary N) is 2. The number of rotatable bonds is 7. The second-order valence-corrected chi connectivity index (χ2v) is 10.5. The van der Waals surface area contributed by atoms with E-state index < -0.39 is 16.1 Å². The molecule has 0 fully saturated rings. The Labute approximate surface area is 205 Å². The van der Waals surface area contributed by atoms with Crippen molar-refractivity contribution in [3.63, 3.8) is 0 Å². The number of hydrogen-bond donors (Lipinski definition) is 2. The lowest BCUT2D eigenvalue weighted by Gasteiger charge is -2.28. The van der Waals surface area contributed by atoms with Crippen molar-refractivity contribution in [3.05, 3.63) is 89.5 Å². The van der Waals surface area contributed by atoms with E-state index in [1.165, 1.54) is 17.7 Å². The second kappa shape index (κ2) is 10.1. The van der Waals surface area contributed by atoms with Crippen LogP contribution in [0.1, 0.15) is 35.6 Å². The average molecular weight is 493 g/mol. The predicted molar refractivity (Wildman–Crippen MR) is 132 cm³/mol. The highest BCUT2D eigenvalue weighted by atomic mass is 32.2. The van der Waals surface area contributed by atoms with E-state index in [0.29, 0.717) is 24.7 Å². The summed E-state index contributed by atoms with van der Waals surface area (Å²) in [6, 6.07) is 20.8. The van der Waals surface area contributed by atoms with E-state index in [-0.39, 0.29) is 23.3 Å². The van der Waals surface area contributed by atoms with Crippen LogP contribution in [0, 0.1) is 0 Å². The van der Waals surface area contributed by atoms with E-state index in [0.717, 1.165) is 30.4 Å². The number of carbonyl (C=O) groups is 1. The molecule has 2 N–H and O–H groups in total. The van der Waals surface area contributed by atoms with Crippen LogP contribution in [0.25, 0.3) is 0 Å². The quantitative estimate of drug-likeness (QED) is 0.526. The first-order valence-corrected chi connectivity index (χ1v) is 13.3. The van der Waals surface area contributed by atoms with Crippen molar-refractivity contribution in [2.24, 2.45) is 0 Å². The minimum Gasteiger partial charge on any atom is -0.486 e. The molecule has 2 atom stereocenters. The summed E-state index contributed by atoms with van der Waals surface area (Å²) >= 11 is 0. The zero-order chi connectivity index (χ0) is 24.3. The summed E-state index contributed by atoms with van der Waals surface area (Å²) in [5, 5.41) is 3.11. The van der Waals surface area contributed by atoms with E-state index in [1.807, 2.05) is 48.5 Å². The highest BCUT2D eigenvalue weighted by Gasteiger charge is 2.30. The van der Waals surface area contributed by atoms with Crippen LogP contribution < -0.4 is 19.5 Å². The second-order valence-electron chi connectivity index (χ2n) is 8.82. The van der Waals surface area contributed by atoms with Crippen LogP contribution in [0.5, 0.6) is 11.5 Å². The fourth-order valence-corrected chi connectivity index (χ4v) is 5.87. The Morgan fingerprint density at radius 3 is 2.51 bits per heavy atom. The Morgan fingerprint density at radius 1 is 0.943 bits per heavy atom. The Kier molecular flexibility index (Phi) is 6.74. The number of fused-ring (bicyclic) bond motifs is 2. The van der Waals surface area contributed by atoms with Gasteiger partial charge < -0.3 is 14.8 Å². The molecule has 0 bridgehead atoms. The SMILES string of the molecule is O=C(N[C@H]1CCCc2ccccc21)[C@H](Cc1ccccc1)NS(=O)(=O)c1ccc2c(c1)OCCO2. The van der Waals surface area contributed by atoms with Crippen molar-refractivity contribution in [2.75, 3.05) is 13.2 Å². The van der Waals surface area contributed by atoms with Gasteiger partial charge in [-0.25, -0.2) is 8.42 Å². The van der Waals surface area contributed by atoms with Crippen LogP contribution in [0.3, 0.4) is 0 Å². The summed E-state index contributed by atoms with van der Waals surface area (Å²) in [6.07, 6.45) is 2.99. The lowest BCUT2D eigenvalue weighted by Crippen LogP contribution is -2.49. The minimum absolute atomic E-state index is 0.0237. The van der Waals surface area contributed by atoms with E-state index in [2.05, 4.69) is 16.1 Å². The van der Waals surface area contributed by atoms with Crippen LogP contribution in [0.2, 0.25) is 0 Å². The molecule has 1 heterocycles. The van der Waals surface area contributed by atoms with Gasteiger partial charge in [0, 0.05) is 6.07 Å². The van der Waals surface area contributed by atoms with Crippen LogP contribution in [0.4, 0.5) is 0 Å². The number of hydrogen-bond acceptors (Lipinski definition) is 5. The maximum absolute atomic E-state index is 13.5. The van der Waals surface area contributed by atoms with Crippen LogP contribution in [-0.2, 0) is 27.7 Å². The van der Waals surface area contributed by atoms with E-state index >= 15 is 0 Å². The molecule has 3 aromatic rings. The van der Waals surface area contributed by atoms with Gasteiger partial charge >= 0.3 is 0 Å². The van der Waals surface area contributed by atoms with Gasteiger partial charge in [0.1, 0.15) is 19.3 Å². The van der Waals surface area contributed by atoms with Gasteiger partial charge in [0.2, 0.25) is 15.9 Å². The fourth-order valence-electron chi connectivity index (χ4n) is 4.66. The van der Waals surface area contributed by atoms with Crippen molar-refractivity contribution < 1.29 is 22.7 Å². The summed E-state index contributed by atoms with van der Waals surface area (Å²) in [6.45, 7) is 0.771. The third-order valence-electron chi connectivity index (χ3n) is 6.41. The normalized spacial score (nSPS) is 17.8. The Bertz CT molecular complexity index is 1310. The molecule has 7 nitrogen and oxygen atoms in total. The molecule has 0 spiro atoms. The summed E-state index contributed by atoms with van der Waals surface area (Å²) in [4.78, 5) is 13.5. The molecule has 3 aromatic carbocycles. The third-order valence-corrected chi connectivity index (χ3v) is 7.88. The molecular weight excluding hydrogens is 464 g/mol. The molecule has 1 aliphatic heterocycles. The van der Waals surface area contributed by atoms with Crippen LogP contribution in [-0.4, -0.2) is 33.6 Å². The average Bonchev–Trinajstić information content (AvgIpc) is 2.89. The zero-order valence-electron chi connectivity index (χ0n) is 19.3. The molecule has 8 heteroatoms. The van der Waals surface area contributed by atoms with Crippen molar-refractivity contribution >= 4 is 15.9 Å². The predicted octanol–water partition coefficient (Wildman–Crippen LogP) is 3.54. The van der Waals surface area contributed by atoms with Crippen molar-refractivity contribution in [3.8, 4) is 11.5 Å². The van der Waals surface area contributed by atoms with Gasteiger partial charge in [-0.15, -0.1) is 0 Å². The number of carbonyl (C=O) groups excluding carboxylic acids is 1. The lowest BCUT2D eigenvalue weighted by molar-refractivity contribution is -0.123. The maximum Gasteiger partial charge on any atom is 0.241 e. The molecule has 1 aliphatic carbocycles. The molecule has 1 amide bonds. The summed E-state index contributed by atoms with van der Waals surface area (Å²) in [5.74, 6) is 0.531. The Morgan fingerprint density at radius 2 is 1.69 bits per heavy atom. The summed E-state index contributed by atoms with van der Waals surface area (Å²) in [5.41, 5.74) is 3.18. The molecule has 0 saturated carbocycles. The van der Waals surface area contributed by atoms with E-state index in [4.69, 9.17) is 9.47 Å². The first-order chi connectivity index (χ1) is 17.0. The van der Waals surface area contributed by atoms with E-state index in [1.54, 1.807) is 6.07 Å². The minimum atomic E-state index is -4.01. The van der Waals surface area contributed by atoms with Crippen molar-refractivity contribution in [1.29, 1.82) is 0 Å². The van der Waals surface area contributed by atoms with Gasteiger partial charge in [-0.3, -0.25) is 4.79 Å². The van der Waals surface area contributed by atoms with Crippen LogP contribution in [0.15, 0.2) is 77.7 Å². The lowest BCUT2D eigenvalue weighted by atomic mass is 9.87. The van der Waals surface area contributed by atoms with Gasteiger partial charge in [0.15, 0.2) is 11.5 Å². The fraction of sp³-hybridized carbons (Fsp3) is 0.296. The van der Waals surface area contributed by atoms with E-state index in [9.17, 15) is 13.2 Å². The van der Waals surface area contributed by atoms with Gasteiger partial charge in [-0.05, 0) is 54.5 Å². The molecular formula is C27H28N2O5S. The van der Waals surface area contributed by atoms with Crippen LogP contribution >= 0.6 is 0 Å². The Balaban J connectivity index is 1.40. The number of benzene rings is 3. The first kappa shape index (κ1) is 23.4. The Hall–Kier alpha value is -3.36. The molecule has 182 valence electrons. The molecule has 0 saturated heterocycles.